The number of halogens is 1. The number of hydrogen-bond acceptors (Lipinski definition) is 1. The van der Waals surface area contributed by atoms with Crippen LogP contribution >= 0.6 is 0 Å². The lowest BCUT2D eigenvalue weighted by molar-refractivity contribution is 0.671. The highest BCUT2D eigenvalue weighted by Gasteiger charge is 1.95. The van der Waals surface area contributed by atoms with Gasteiger partial charge >= 0.3 is 0 Å². The Morgan fingerprint density at radius 3 is 2.92 bits per heavy atom. The van der Waals surface area contributed by atoms with Gasteiger partial charge < -0.3 is 0 Å². The Morgan fingerprint density at radius 1 is 1.62 bits per heavy atom. The first-order valence-corrected chi connectivity index (χ1v) is 4.09. The Balaban J connectivity index is 2.56. The van der Waals surface area contributed by atoms with Gasteiger partial charge in [0.05, 0.1) is 6.54 Å². The Kier molecular flexibility index (Phi) is 3.38. The van der Waals surface area contributed by atoms with Crippen LogP contribution in [0.1, 0.15) is 6.92 Å². The summed E-state index contributed by atoms with van der Waals surface area (Å²) in [5, 5.41) is 0. The molecule has 0 unspecified atom stereocenters. The van der Waals surface area contributed by atoms with Crippen LogP contribution < -0.4 is 0 Å². The lowest BCUT2D eigenvalue weighted by Gasteiger charge is -2.03. The second kappa shape index (κ2) is 4.55. The molecule has 0 radical (unpaired) electrons. The van der Waals surface area contributed by atoms with E-state index in [0.717, 1.165) is 11.3 Å². The molecule has 0 saturated carbocycles. The van der Waals surface area contributed by atoms with Crippen LogP contribution in [0.5, 0.6) is 0 Å². The van der Waals surface area contributed by atoms with E-state index >= 15 is 0 Å². The predicted octanol–water partition coefficient (Wildman–Crippen LogP) is 2.98. The average molecular weight is 177 g/mol. The molecule has 68 valence electrons. The summed E-state index contributed by atoms with van der Waals surface area (Å²) in [6, 6.07) is 0. The number of nitrogens with zero attached hydrogens (tertiary/aromatic N) is 1. The van der Waals surface area contributed by atoms with E-state index in [-0.39, 0.29) is 0 Å². The van der Waals surface area contributed by atoms with Gasteiger partial charge in [-0.2, -0.15) is 0 Å². The summed E-state index contributed by atoms with van der Waals surface area (Å²) in [5.41, 5.74) is 2.10. The molecule has 0 saturated heterocycles. The standard InChI is InChI=1S/C11H12FN/c1-9(12)4-3-5-11-7-6-10(2)13-8-11/h3-7H,1,8H2,2H3/b4-3-,11-5-. The van der Waals surface area contributed by atoms with Crippen LogP contribution in [-0.4, -0.2) is 12.3 Å². The molecule has 0 bridgehead atoms. The molecule has 0 aromatic heterocycles. The van der Waals surface area contributed by atoms with Crippen molar-refractivity contribution in [3.63, 3.8) is 0 Å². The maximum Gasteiger partial charge on any atom is 0.116 e. The Morgan fingerprint density at radius 2 is 2.38 bits per heavy atom. The summed E-state index contributed by atoms with van der Waals surface area (Å²) < 4.78 is 12.2. The zero-order valence-corrected chi connectivity index (χ0v) is 7.63. The maximum absolute atomic E-state index is 12.2. The van der Waals surface area contributed by atoms with Crippen LogP contribution in [0.4, 0.5) is 4.39 Å². The van der Waals surface area contributed by atoms with E-state index < -0.39 is 5.83 Å². The number of hydrogen-bond donors (Lipinski definition) is 0. The lowest BCUT2D eigenvalue weighted by atomic mass is 10.1. The molecule has 1 nitrogen and oxygen atoms in total. The third-order valence-electron chi connectivity index (χ3n) is 1.64. The fourth-order valence-electron chi connectivity index (χ4n) is 0.933. The first kappa shape index (κ1) is 9.65. The van der Waals surface area contributed by atoms with Gasteiger partial charge in [-0.3, -0.25) is 4.99 Å². The first-order valence-electron chi connectivity index (χ1n) is 4.09. The fraction of sp³-hybridized carbons (Fsp3) is 0.182. The van der Waals surface area contributed by atoms with Gasteiger partial charge in [0.25, 0.3) is 0 Å². The van der Waals surface area contributed by atoms with Crippen LogP contribution in [0, 0.1) is 0 Å². The van der Waals surface area contributed by atoms with E-state index in [1.165, 1.54) is 6.08 Å². The van der Waals surface area contributed by atoms with Crippen molar-refractivity contribution in [1.82, 2.24) is 0 Å². The third kappa shape index (κ3) is 3.65. The molecule has 0 fully saturated rings. The van der Waals surface area contributed by atoms with E-state index in [1.807, 2.05) is 25.2 Å². The topological polar surface area (TPSA) is 12.4 Å². The van der Waals surface area contributed by atoms with Crippen molar-refractivity contribution in [3.05, 3.63) is 48.4 Å². The second-order valence-corrected chi connectivity index (χ2v) is 2.84. The highest BCUT2D eigenvalue weighted by Crippen LogP contribution is 2.05. The highest BCUT2D eigenvalue weighted by molar-refractivity contribution is 5.94. The van der Waals surface area contributed by atoms with Crippen LogP contribution in [0.25, 0.3) is 0 Å². The zero-order chi connectivity index (χ0) is 9.68. The summed E-state index contributed by atoms with van der Waals surface area (Å²) >= 11 is 0. The zero-order valence-electron chi connectivity index (χ0n) is 7.63. The number of aliphatic imine (C=N–C) groups is 1. The van der Waals surface area contributed by atoms with E-state index in [4.69, 9.17) is 0 Å². The first-order chi connectivity index (χ1) is 6.18. The summed E-state index contributed by atoms with van der Waals surface area (Å²) in [5.74, 6) is -0.434. The Bertz CT molecular complexity index is 319. The number of rotatable bonds is 2. The predicted molar refractivity (Wildman–Crippen MR) is 54.6 cm³/mol. The lowest BCUT2D eigenvalue weighted by Crippen LogP contribution is -1.97. The largest absolute Gasteiger partial charge is 0.285 e. The molecular weight excluding hydrogens is 165 g/mol. The summed E-state index contributed by atoms with van der Waals surface area (Å²) in [6.07, 6.45) is 8.71. The van der Waals surface area contributed by atoms with Crippen LogP contribution in [-0.2, 0) is 0 Å². The van der Waals surface area contributed by atoms with E-state index in [9.17, 15) is 4.39 Å². The molecule has 13 heavy (non-hydrogen) atoms. The molecule has 0 aromatic rings. The minimum Gasteiger partial charge on any atom is -0.285 e. The molecule has 0 aromatic carbocycles. The summed E-state index contributed by atoms with van der Waals surface area (Å²) in [4.78, 5) is 4.22. The monoisotopic (exact) mass is 177 g/mol. The van der Waals surface area contributed by atoms with E-state index in [1.54, 1.807) is 6.08 Å². The van der Waals surface area contributed by atoms with Crippen LogP contribution in [0.3, 0.4) is 0 Å². The van der Waals surface area contributed by atoms with Crippen molar-refractivity contribution >= 4 is 5.71 Å². The molecule has 1 aliphatic rings. The molecule has 1 rings (SSSR count). The molecule has 0 aliphatic carbocycles. The molecule has 0 spiro atoms. The average Bonchev–Trinajstić information content (AvgIpc) is 2.08. The smallest absolute Gasteiger partial charge is 0.116 e. The summed E-state index contributed by atoms with van der Waals surface area (Å²) in [6.45, 7) is 5.74. The third-order valence-corrected chi connectivity index (χ3v) is 1.64. The quantitative estimate of drug-likeness (QED) is 0.575. The van der Waals surface area contributed by atoms with E-state index in [0.29, 0.717) is 6.54 Å². The normalized spacial score (nSPS) is 19.5. The Hall–Kier alpha value is -1.44. The van der Waals surface area contributed by atoms with Gasteiger partial charge in [-0.25, -0.2) is 4.39 Å². The highest BCUT2D eigenvalue weighted by atomic mass is 19.1. The molecular formula is C11H12FN. The van der Waals surface area contributed by atoms with Crippen molar-refractivity contribution in [1.29, 1.82) is 0 Å². The van der Waals surface area contributed by atoms with Crippen molar-refractivity contribution in [3.8, 4) is 0 Å². The molecule has 0 amide bonds. The van der Waals surface area contributed by atoms with Crippen molar-refractivity contribution in [2.45, 2.75) is 6.92 Å². The second-order valence-electron chi connectivity index (χ2n) is 2.84. The SMILES string of the molecule is C=C(F)/C=C\C=C1\C=CC(C)=NC1. The minimum atomic E-state index is -0.434. The van der Waals surface area contributed by atoms with Crippen LogP contribution in [0.2, 0.25) is 0 Å². The molecule has 0 N–H and O–H groups in total. The molecule has 0 atom stereocenters. The molecule has 1 heterocycles. The Labute approximate surface area is 77.7 Å². The summed E-state index contributed by atoms with van der Waals surface area (Å²) in [7, 11) is 0. The van der Waals surface area contributed by atoms with Gasteiger partial charge in [0, 0.05) is 5.71 Å². The van der Waals surface area contributed by atoms with Crippen molar-refractivity contribution in [2.24, 2.45) is 4.99 Å². The van der Waals surface area contributed by atoms with Crippen LogP contribution in [0.15, 0.2) is 53.4 Å². The van der Waals surface area contributed by atoms with Gasteiger partial charge in [-0.15, -0.1) is 0 Å². The maximum atomic E-state index is 12.2. The van der Waals surface area contributed by atoms with Gasteiger partial charge in [0.1, 0.15) is 5.83 Å². The minimum absolute atomic E-state index is 0.434. The molecule has 2 heteroatoms. The number of allylic oxidation sites excluding steroid dienone is 5. The fourth-order valence-corrected chi connectivity index (χ4v) is 0.933. The van der Waals surface area contributed by atoms with Gasteiger partial charge in [0.2, 0.25) is 0 Å². The van der Waals surface area contributed by atoms with Gasteiger partial charge in [0.15, 0.2) is 0 Å². The van der Waals surface area contributed by atoms with Crippen molar-refractivity contribution in [2.75, 3.05) is 6.54 Å². The van der Waals surface area contributed by atoms with Gasteiger partial charge in [-0.1, -0.05) is 24.8 Å². The number of dihydropyridines is 1. The molecule has 1 aliphatic heterocycles. The van der Waals surface area contributed by atoms with Crippen molar-refractivity contribution < 1.29 is 4.39 Å². The van der Waals surface area contributed by atoms with Gasteiger partial charge in [-0.05, 0) is 24.6 Å². The van der Waals surface area contributed by atoms with E-state index in [2.05, 4.69) is 11.6 Å².